The number of rotatable bonds is 6. The molecular formula is C21H14N4O5S2. The zero-order valence-corrected chi connectivity index (χ0v) is 18.0. The van der Waals surface area contributed by atoms with Gasteiger partial charge >= 0.3 is 0 Å². The molecule has 0 bridgehead atoms. The predicted molar refractivity (Wildman–Crippen MR) is 117 cm³/mol. The molecule has 11 heteroatoms. The summed E-state index contributed by atoms with van der Waals surface area (Å²) < 4.78 is 23.3. The van der Waals surface area contributed by atoms with Crippen molar-refractivity contribution < 1.29 is 18.4 Å². The van der Waals surface area contributed by atoms with Crippen LogP contribution in [0, 0.1) is 0 Å². The van der Waals surface area contributed by atoms with Gasteiger partial charge in [0, 0.05) is 6.07 Å². The van der Waals surface area contributed by atoms with Crippen LogP contribution in [0.25, 0.3) is 21.6 Å². The van der Waals surface area contributed by atoms with Crippen molar-refractivity contribution in [2.75, 3.05) is 6.79 Å². The second-order valence-electron chi connectivity index (χ2n) is 6.87. The maximum Gasteiger partial charge on any atom is 0.262 e. The first-order chi connectivity index (χ1) is 15.7. The molecule has 0 radical (unpaired) electrons. The third-order valence-electron chi connectivity index (χ3n) is 4.84. The van der Waals surface area contributed by atoms with Crippen molar-refractivity contribution in [2.24, 2.45) is 0 Å². The fourth-order valence-electron chi connectivity index (χ4n) is 3.34. The lowest BCUT2D eigenvalue weighted by Gasteiger charge is -2.12. The molecule has 0 atom stereocenters. The quantitative estimate of drug-likeness (QED) is 0.269. The van der Waals surface area contributed by atoms with Crippen LogP contribution in [0.1, 0.15) is 11.7 Å². The van der Waals surface area contributed by atoms with Gasteiger partial charge in [0.15, 0.2) is 16.7 Å². The lowest BCUT2D eigenvalue weighted by Crippen LogP contribution is -2.23. The van der Waals surface area contributed by atoms with Gasteiger partial charge in [0.05, 0.1) is 34.3 Å². The fraction of sp³-hybridized carbons (Fsp3) is 0.143. The van der Waals surface area contributed by atoms with Crippen LogP contribution < -0.4 is 15.0 Å². The van der Waals surface area contributed by atoms with Gasteiger partial charge in [-0.25, -0.2) is 4.98 Å². The summed E-state index contributed by atoms with van der Waals surface area (Å²) in [5, 5.41) is 6.95. The standard InChI is InChI=1S/C21H14N4O5S2/c26-20-13-7-15-16(29-11-28-15)8-14(13)22-21(25(20)9-12-3-1-5-27-12)32-10-18-23-19(24-30-18)17-4-2-6-31-17/h1-8H,9-11H2. The number of furan rings is 1. The van der Waals surface area contributed by atoms with E-state index >= 15 is 0 Å². The number of benzene rings is 1. The molecule has 9 nitrogen and oxygen atoms in total. The number of hydrogen-bond donors (Lipinski definition) is 0. The number of nitrogens with zero attached hydrogens (tertiary/aromatic N) is 4. The molecule has 1 aliphatic rings. The van der Waals surface area contributed by atoms with E-state index < -0.39 is 0 Å². The Morgan fingerprint density at radius 1 is 1.12 bits per heavy atom. The number of thiophene rings is 1. The second kappa shape index (κ2) is 7.84. The summed E-state index contributed by atoms with van der Waals surface area (Å²) in [6.45, 7) is 0.368. The summed E-state index contributed by atoms with van der Waals surface area (Å²) in [6.07, 6.45) is 1.57. The number of ether oxygens (including phenoxy) is 2. The lowest BCUT2D eigenvalue weighted by molar-refractivity contribution is 0.174. The van der Waals surface area contributed by atoms with Gasteiger partial charge in [-0.3, -0.25) is 9.36 Å². The Morgan fingerprint density at radius 3 is 2.84 bits per heavy atom. The summed E-state index contributed by atoms with van der Waals surface area (Å²) in [7, 11) is 0. The minimum absolute atomic E-state index is 0.123. The molecule has 0 amide bonds. The van der Waals surface area contributed by atoms with Gasteiger partial charge < -0.3 is 18.4 Å². The monoisotopic (exact) mass is 466 g/mol. The highest BCUT2D eigenvalue weighted by Crippen LogP contribution is 2.35. The van der Waals surface area contributed by atoms with Crippen molar-refractivity contribution in [3.63, 3.8) is 0 Å². The van der Waals surface area contributed by atoms with Crippen molar-refractivity contribution in [3.05, 3.63) is 70.0 Å². The van der Waals surface area contributed by atoms with Gasteiger partial charge in [-0.1, -0.05) is 23.0 Å². The maximum atomic E-state index is 13.4. The molecule has 0 spiro atoms. The minimum Gasteiger partial charge on any atom is -0.467 e. The molecule has 0 saturated heterocycles. The maximum absolute atomic E-state index is 13.4. The molecule has 0 fully saturated rings. The van der Waals surface area contributed by atoms with Crippen molar-refractivity contribution in [1.29, 1.82) is 0 Å². The highest BCUT2D eigenvalue weighted by atomic mass is 32.2. The Morgan fingerprint density at radius 2 is 2.03 bits per heavy atom. The molecule has 160 valence electrons. The average Bonchev–Trinajstić information content (AvgIpc) is 3.61. The largest absolute Gasteiger partial charge is 0.467 e. The Bertz CT molecular complexity index is 1460. The smallest absolute Gasteiger partial charge is 0.262 e. The molecular weight excluding hydrogens is 452 g/mol. The number of hydrogen-bond acceptors (Lipinski definition) is 10. The first-order valence-corrected chi connectivity index (χ1v) is 11.5. The zero-order chi connectivity index (χ0) is 21.5. The third-order valence-corrected chi connectivity index (χ3v) is 6.67. The van der Waals surface area contributed by atoms with Crippen molar-refractivity contribution in [3.8, 4) is 22.2 Å². The Labute approximate surface area is 188 Å². The summed E-state index contributed by atoms with van der Waals surface area (Å²) in [5.41, 5.74) is 0.333. The molecule has 1 aromatic carbocycles. The highest BCUT2D eigenvalue weighted by molar-refractivity contribution is 7.98. The van der Waals surface area contributed by atoms with E-state index in [9.17, 15) is 4.79 Å². The number of aromatic nitrogens is 4. The van der Waals surface area contributed by atoms with Crippen molar-refractivity contribution in [2.45, 2.75) is 17.5 Å². The minimum atomic E-state index is -0.197. The molecule has 32 heavy (non-hydrogen) atoms. The van der Waals surface area contributed by atoms with E-state index in [0.29, 0.717) is 50.8 Å². The van der Waals surface area contributed by atoms with E-state index in [-0.39, 0.29) is 18.9 Å². The lowest BCUT2D eigenvalue weighted by atomic mass is 10.2. The van der Waals surface area contributed by atoms with Gasteiger partial charge in [-0.2, -0.15) is 4.98 Å². The van der Waals surface area contributed by atoms with E-state index in [1.54, 1.807) is 29.0 Å². The van der Waals surface area contributed by atoms with Gasteiger partial charge in [0.25, 0.3) is 5.56 Å². The van der Waals surface area contributed by atoms with Crippen molar-refractivity contribution >= 4 is 34.0 Å². The highest BCUT2D eigenvalue weighted by Gasteiger charge is 2.20. The average molecular weight is 467 g/mol. The molecule has 6 rings (SSSR count). The van der Waals surface area contributed by atoms with E-state index in [4.69, 9.17) is 23.4 Å². The topological polar surface area (TPSA) is 105 Å². The Hall–Kier alpha value is -3.57. The molecule has 0 unspecified atom stereocenters. The predicted octanol–water partition coefficient (Wildman–Crippen LogP) is 4.17. The molecule has 1 aliphatic heterocycles. The van der Waals surface area contributed by atoms with Gasteiger partial charge in [-0.15, -0.1) is 11.3 Å². The van der Waals surface area contributed by atoms with E-state index in [1.165, 1.54) is 23.1 Å². The van der Waals surface area contributed by atoms with Crippen LogP contribution in [0.15, 0.2) is 66.9 Å². The van der Waals surface area contributed by atoms with E-state index in [0.717, 1.165) is 4.88 Å². The van der Waals surface area contributed by atoms with Crippen LogP contribution >= 0.6 is 23.1 Å². The number of thioether (sulfide) groups is 1. The Kier molecular flexibility index (Phi) is 4.69. The summed E-state index contributed by atoms with van der Waals surface area (Å²) in [6, 6.07) is 10.9. The normalized spacial score (nSPS) is 12.6. The van der Waals surface area contributed by atoms with Crippen LogP contribution in [-0.4, -0.2) is 26.5 Å². The first-order valence-electron chi connectivity index (χ1n) is 9.60. The second-order valence-corrected chi connectivity index (χ2v) is 8.76. The summed E-state index contributed by atoms with van der Waals surface area (Å²) >= 11 is 2.88. The Balaban J connectivity index is 1.37. The molecule has 5 heterocycles. The van der Waals surface area contributed by atoms with Gasteiger partial charge in [0.1, 0.15) is 5.76 Å². The van der Waals surface area contributed by atoms with Crippen LogP contribution in [-0.2, 0) is 12.3 Å². The zero-order valence-electron chi connectivity index (χ0n) is 16.4. The SMILES string of the molecule is O=c1c2cc3c(cc2nc(SCc2nc(-c4cccs4)no2)n1Cc1ccco1)OCO3. The van der Waals surface area contributed by atoms with E-state index in [2.05, 4.69) is 10.1 Å². The molecule has 0 aliphatic carbocycles. The summed E-state index contributed by atoms with van der Waals surface area (Å²) in [4.78, 5) is 23.5. The summed E-state index contributed by atoms with van der Waals surface area (Å²) in [5.74, 6) is 3.10. The van der Waals surface area contributed by atoms with Crippen LogP contribution in [0.2, 0.25) is 0 Å². The molecule has 5 aromatic rings. The molecule has 0 saturated carbocycles. The molecule has 0 N–H and O–H groups in total. The van der Waals surface area contributed by atoms with Crippen LogP contribution in [0.3, 0.4) is 0 Å². The van der Waals surface area contributed by atoms with Gasteiger partial charge in [0.2, 0.25) is 18.5 Å². The first kappa shape index (κ1) is 19.1. The van der Waals surface area contributed by atoms with Crippen LogP contribution in [0.5, 0.6) is 11.5 Å². The van der Waals surface area contributed by atoms with Crippen LogP contribution in [0.4, 0.5) is 0 Å². The number of fused-ring (bicyclic) bond motifs is 2. The van der Waals surface area contributed by atoms with Gasteiger partial charge in [-0.05, 0) is 29.6 Å². The van der Waals surface area contributed by atoms with E-state index in [1.807, 2.05) is 23.6 Å². The fourth-order valence-corrected chi connectivity index (χ4v) is 4.83. The third kappa shape index (κ3) is 3.45. The van der Waals surface area contributed by atoms with Crippen molar-refractivity contribution in [1.82, 2.24) is 19.7 Å². The molecule has 4 aromatic heterocycles.